The summed E-state index contributed by atoms with van der Waals surface area (Å²) in [4.78, 5) is 12.1. The molecule has 0 N–H and O–H groups in total. The minimum Gasteiger partial charge on any atom is -0.305 e. The summed E-state index contributed by atoms with van der Waals surface area (Å²) in [6.07, 6.45) is 0.716. The van der Waals surface area contributed by atoms with Crippen LogP contribution in [0.25, 0.3) is 0 Å². The van der Waals surface area contributed by atoms with Crippen LogP contribution in [0.5, 0.6) is 0 Å². The van der Waals surface area contributed by atoms with Gasteiger partial charge in [-0.1, -0.05) is 15.9 Å². The van der Waals surface area contributed by atoms with Crippen molar-refractivity contribution in [3.05, 3.63) is 32.8 Å². The minimum atomic E-state index is -3.87. The second-order valence-electron chi connectivity index (χ2n) is 5.14. The lowest BCUT2D eigenvalue weighted by Crippen LogP contribution is -2.34. The average Bonchev–Trinajstić information content (AvgIpc) is 2.88. The molecular formula is C12H16BrN3O4S. The van der Waals surface area contributed by atoms with Crippen molar-refractivity contribution in [2.45, 2.75) is 17.4 Å². The SMILES string of the molecule is CN(C)C1CCN(S(=O)(=O)c2cc(Br)ccc2[N+](=O)[O-])C1. The fraction of sp³-hybridized carbons (Fsp3) is 0.500. The van der Waals surface area contributed by atoms with E-state index in [2.05, 4.69) is 15.9 Å². The number of hydrogen-bond donors (Lipinski definition) is 0. The highest BCUT2D eigenvalue weighted by Crippen LogP contribution is 2.31. The van der Waals surface area contributed by atoms with E-state index < -0.39 is 20.6 Å². The molecule has 0 bridgehead atoms. The predicted molar refractivity (Wildman–Crippen MR) is 81.6 cm³/mol. The molecule has 0 radical (unpaired) electrons. The normalized spacial score (nSPS) is 20.1. The first-order valence-corrected chi connectivity index (χ1v) is 8.57. The molecule has 1 aliphatic heterocycles. The Balaban J connectivity index is 2.41. The van der Waals surface area contributed by atoms with Gasteiger partial charge in [-0.05, 0) is 32.6 Å². The van der Waals surface area contributed by atoms with Gasteiger partial charge in [0.05, 0.1) is 4.92 Å². The summed E-state index contributed by atoms with van der Waals surface area (Å²) < 4.78 is 27.1. The molecule has 1 fully saturated rings. The molecule has 0 amide bonds. The first kappa shape index (κ1) is 16.3. The fourth-order valence-electron chi connectivity index (χ4n) is 2.33. The first-order valence-electron chi connectivity index (χ1n) is 6.34. The Morgan fingerprint density at radius 1 is 1.43 bits per heavy atom. The number of sulfonamides is 1. The molecule has 9 heteroatoms. The Labute approximate surface area is 131 Å². The van der Waals surface area contributed by atoms with Crippen LogP contribution in [0.3, 0.4) is 0 Å². The molecule has 1 heterocycles. The molecule has 116 valence electrons. The predicted octanol–water partition coefficient (Wildman–Crippen LogP) is 1.68. The zero-order valence-corrected chi connectivity index (χ0v) is 14.1. The third kappa shape index (κ3) is 3.25. The summed E-state index contributed by atoms with van der Waals surface area (Å²) in [5.74, 6) is 0. The Morgan fingerprint density at radius 3 is 2.62 bits per heavy atom. The molecule has 1 aromatic rings. The van der Waals surface area contributed by atoms with E-state index in [0.29, 0.717) is 24.0 Å². The average molecular weight is 378 g/mol. The lowest BCUT2D eigenvalue weighted by molar-refractivity contribution is -0.387. The van der Waals surface area contributed by atoms with E-state index in [1.807, 2.05) is 19.0 Å². The molecule has 0 aromatic heterocycles. The molecule has 21 heavy (non-hydrogen) atoms. The van der Waals surface area contributed by atoms with Crippen molar-refractivity contribution >= 4 is 31.6 Å². The molecule has 0 aliphatic carbocycles. The monoisotopic (exact) mass is 377 g/mol. The number of nitro benzene ring substituents is 1. The van der Waals surface area contributed by atoms with Gasteiger partial charge in [0.1, 0.15) is 0 Å². The maximum Gasteiger partial charge on any atom is 0.289 e. The van der Waals surface area contributed by atoms with Crippen molar-refractivity contribution in [2.75, 3.05) is 27.2 Å². The van der Waals surface area contributed by atoms with Crippen LogP contribution >= 0.6 is 15.9 Å². The van der Waals surface area contributed by atoms with E-state index in [1.165, 1.54) is 22.5 Å². The van der Waals surface area contributed by atoms with E-state index in [4.69, 9.17) is 0 Å². The Bertz CT molecular complexity index is 662. The van der Waals surface area contributed by atoms with Gasteiger partial charge in [-0.3, -0.25) is 10.1 Å². The van der Waals surface area contributed by atoms with Crippen molar-refractivity contribution in [2.24, 2.45) is 0 Å². The fourth-order valence-corrected chi connectivity index (χ4v) is 4.52. The highest BCUT2D eigenvalue weighted by molar-refractivity contribution is 9.10. The summed E-state index contributed by atoms with van der Waals surface area (Å²) in [6, 6.07) is 4.09. The quantitative estimate of drug-likeness (QED) is 0.588. The number of nitrogens with zero attached hydrogens (tertiary/aromatic N) is 3. The molecule has 1 unspecified atom stereocenters. The highest BCUT2D eigenvalue weighted by atomic mass is 79.9. The van der Waals surface area contributed by atoms with Crippen molar-refractivity contribution in [3.8, 4) is 0 Å². The lowest BCUT2D eigenvalue weighted by atomic mass is 10.2. The third-order valence-electron chi connectivity index (χ3n) is 3.59. The summed E-state index contributed by atoms with van der Waals surface area (Å²) >= 11 is 3.17. The van der Waals surface area contributed by atoms with Gasteiger partial charge in [0.15, 0.2) is 4.90 Å². The maximum absolute atomic E-state index is 12.7. The van der Waals surface area contributed by atoms with Crippen LogP contribution in [-0.2, 0) is 10.0 Å². The summed E-state index contributed by atoms with van der Waals surface area (Å²) in [5.41, 5.74) is -0.397. The van der Waals surface area contributed by atoms with Gasteiger partial charge in [-0.25, -0.2) is 8.42 Å². The standard InChI is InChI=1S/C12H16BrN3O4S/c1-14(2)10-5-6-15(8-10)21(19,20)12-7-9(13)3-4-11(12)16(17)18/h3-4,7,10H,5-6,8H2,1-2H3. The van der Waals surface area contributed by atoms with Crippen molar-refractivity contribution in [3.63, 3.8) is 0 Å². The van der Waals surface area contributed by atoms with Crippen LogP contribution in [0.4, 0.5) is 5.69 Å². The van der Waals surface area contributed by atoms with E-state index >= 15 is 0 Å². The molecule has 1 saturated heterocycles. The van der Waals surface area contributed by atoms with E-state index in [0.717, 1.165) is 0 Å². The van der Waals surface area contributed by atoms with E-state index in [9.17, 15) is 18.5 Å². The van der Waals surface area contributed by atoms with Crippen LogP contribution in [-0.4, -0.2) is 55.8 Å². The van der Waals surface area contributed by atoms with Gasteiger partial charge in [0.25, 0.3) is 5.69 Å². The minimum absolute atomic E-state index is 0.131. The number of rotatable bonds is 4. The highest BCUT2D eigenvalue weighted by Gasteiger charge is 2.37. The number of nitro groups is 1. The molecule has 1 aliphatic rings. The number of halogens is 1. The summed E-state index contributed by atoms with van der Waals surface area (Å²) in [7, 11) is -0.0859. The van der Waals surface area contributed by atoms with Gasteiger partial charge in [0, 0.05) is 29.7 Å². The van der Waals surface area contributed by atoms with Crippen molar-refractivity contribution in [1.29, 1.82) is 0 Å². The van der Waals surface area contributed by atoms with Crippen LogP contribution in [0.1, 0.15) is 6.42 Å². The van der Waals surface area contributed by atoms with Gasteiger partial charge < -0.3 is 4.90 Å². The molecule has 1 atom stereocenters. The third-order valence-corrected chi connectivity index (χ3v) is 5.98. The van der Waals surface area contributed by atoms with Gasteiger partial charge >= 0.3 is 0 Å². The Hall–Kier alpha value is -1.03. The zero-order valence-electron chi connectivity index (χ0n) is 11.7. The van der Waals surface area contributed by atoms with Crippen molar-refractivity contribution in [1.82, 2.24) is 9.21 Å². The largest absolute Gasteiger partial charge is 0.305 e. The molecule has 1 aromatic carbocycles. The second kappa shape index (κ2) is 5.99. The van der Waals surface area contributed by atoms with Crippen LogP contribution < -0.4 is 0 Å². The number of likely N-dealkylation sites (N-methyl/N-ethyl adjacent to an activating group) is 1. The molecule has 2 rings (SSSR count). The second-order valence-corrected chi connectivity index (χ2v) is 7.96. The number of hydrogen-bond acceptors (Lipinski definition) is 5. The molecule has 0 saturated carbocycles. The molecular weight excluding hydrogens is 362 g/mol. The van der Waals surface area contributed by atoms with Gasteiger partial charge in [-0.15, -0.1) is 0 Å². The van der Waals surface area contributed by atoms with Gasteiger partial charge in [-0.2, -0.15) is 4.31 Å². The number of benzene rings is 1. The van der Waals surface area contributed by atoms with E-state index in [-0.39, 0.29) is 10.9 Å². The van der Waals surface area contributed by atoms with Crippen molar-refractivity contribution < 1.29 is 13.3 Å². The molecule has 7 nitrogen and oxygen atoms in total. The Kier molecular flexibility index (Phi) is 4.66. The lowest BCUT2D eigenvalue weighted by Gasteiger charge is -2.20. The maximum atomic E-state index is 12.7. The van der Waals surface area contributed by atoms with Gasteiger partial charge in [0.2, 0.25) is 10.0 Å². The van der Waals surface area contributed by atoms with Crippen LogP contribution in [0, 0.1) is 10.1 Å². The molecule has 0 spiro atoms. The summed E-state index contributed by atoms with van der Waals surface area (Å²) in [5, 5.41) is 11.1. The van der Waals surface area contributed by atoms with Crippen LogP contribution in [0.2, 0.25) is 0 Å². The topological polar surface area (TPSA) is 83.8 Å². The van der Waals surface area contributed by atoms with Crippen LogP contribution in [0.15, 0.2) is 27.6 Å². The summed E-state index contributed by atoms with van der Waals surface area (Å²) in [6.45, 7) is 0.716. The van der Waals surface area contributed by atoms with E-state index in [1.54, 1.807) is 0 Å². The smallest absolute Gasteiger partial charge is 0.289 e. The Morgan fingerprint density at radius 2 is 2.10 bits per heavy atom. The first-order chi connectivity index (χ1) is 9.73. The zero-order chi connectivity index (χ0) is 15.8.